The summed E-state index contributed by atoms with van der Waals surface area (Å²) in [5, 5.41) is 0.959. The molecule has 0 unspecified atom stereocenters. The predicted octanol–water partition coefficient (Wildman–Crippen LogP) is 2.28. The molecule has 0 bridgehead atoms. The minimum atomic E-state index is 0.501. The number of nitrogens with zero attached hydrogens (tertiary/aromatic N) is 1. The van der Waals surface area contributed by atoms with Gasteiger partial charge in [0.25, 0.3) is 0 Å². The maximum absolute atomic E-state index is 5.51. The Balaban J connectivity index is 2.28. The van der Waals surface area contributed by atoms with Gasteiger partial charge < -0.3 is 10.5 Å². The van der Waals surface area contributed by atoms with Crippen LogP contribution in [0.1, 0.15) is 5.01 Å². The number of rotatable bonds is 3. The van der Waals surface area contributed by atoms with E-state index in [0.717, 1.165) is 21.2 Å². The largest absolute Gasteiger partial charge is 0.497 e. The molecule has 1 aromatic heterocycles. The monoisotopic (exact) mass is 220 g/mol. The molecule has 1 aromatic carbocycles. The number of ether oxygens (including phenoxy) is 1. The van der Waals surface area contributed by atoms with E-state index in [2.05, 4.69) is 4.98 Å². The zero-order chi connectivity index (χ0) is 10.7. The van der Waals surface area contributed by atoms with E-state index in [4.69, 9.17) is 10.5 Å². The summed E-state index contributed by atoms with van der Waals surface area (Å²) in [4.78, 5) is 5.35. The molecule has 0 aliphatic heterocycles. The minimum absolute atomic E-state index is 0.501. The van der Waals surface area contributed by atoms with Crippen LogP contribution in [0.4, 0.5) is 0 Å². The van der Waals surface area contributed by atoms with Gasteiger partial charge in [-0.05, 0) is 29.8 Å². The number of aromatic nitrogens is 1. The van der Waals surface area contributed by atoms with Crippen LogP contribution in [0.5, 0.6) is 5.75 Å². The van der Waals surface area contributed by atoms with Gasteiger partial charge in [-0.2, -0.15) is 0 Å². The third-order valence-electron chi connectivity index (χ3n) is 2.10. The van der Waals surface area contributed by atoms with Crippen LogP contribution in [-0.2, 0) is 6.54 Å². The fourth-order valence-electron chi connectivity index (χ4n) is 1.29. The minimum Gasteiger partial charge on any atom is -0.497 e. The number of hydrogen-bond donors (Lipinski definition) is 1. The lowest BCUT2D eigenvalue weighted by Crippen LogP contribution is -1.93. The van der Waals surface area contributed by atoms with Crippen molar-refractivity contribution in [2.45, 2.75) is 6.54 Å². The fraction of sp³-hybridized carbons (Fsp3) is 0.182. The normalized spacial score (nSPS) is 10.3. The lowest BCUT2D eigenvalue weighted by molar-refractivity contribution is 0.415. The maximum atomic E-state index is 5.51. The van der Waals surface area contributed by atoms with Gasteiger partial charge in [-0.25, -0.2) is 4.98 Å². The molecular formula is C11H12N2OS. The molecule has 2 aromatic rings. The third kappa shape index (κ3) is 2.16. The van der Waals surface area contributed by atoms with Crippen molar-refractivity contribution < 1.29 is 4.74 Å². The Hall–Kier alpha value is -1.39. The molecule has 78 valence electrons. The highest BCUT2D eigenvalue weighted by molar-refractivity contribution is 7.15. The first-order valence-electron chi connectivity index (χ1n) is 4.62. The summed E-state index contributed by atoms with van der Waals surface area (Å²) < 4.78 is 5.10. The quantitative estimate of drug-likeness (QED) is 0.863. The van der Waals surface area contributed by atoms with Crippen LogP contribution < -0.4 is 10.5 Å². The Bertz CT molecular complexity index is 436. The van der Waals surface area contributed by atoms with Crippen LogP contribution in [0.2, 0.25) is 0 Å². The summed E-state index contributed by atoms with van der Waals surface area (Å²) in [6.45, 7) is 0.501. The van der Waals surface area contributed by atoms with Crippen molar-refractivity contribution in [3.8, 4) is 16.2 Å². The Morgan fingerprint density at radius 2 is 2.07 bits per heavy atom. The summed E-state index contributed by atoms with van der Waals surface area (Å²) >= 11 is 1.62. The van der Waals surface area contributed by atoms with E-state index >= 15 is 0 Å². The van der Waals surface area contributed by atoms with E-state index in [1.165, 1.54) is 0 Å². The SMILES string of the molecule is COc1ccc(-c2cnc(CN)s2)cc1. The van der Waals surface area contributed by atoms with Gasteiger partial charge in [-0.3, -0.25) is 0 Å². The molecule has 3 nitrogen and oxygen atoms in total. The molecule has 0 amide bonds. The van der Waals surface area contributed by atoms with Gasteiger partial charge in [0.15, 0.2) is 0 Å². The average Bonchev–Trinajstić information content (AvgIpc) is 2.78. The fourth-order valence-corrected chi connectivity index (χ4v) is 2.10. The van der Waals surface area contributed by atoms with Gasteiger partial charge in [0.05, 0.1) is 12.0 Å². The van der Waals surface area contributed by atoms with Crippen LogP contribution in [0.15, 0.2) is 30.5 Å². The molecule has 0 fully saturated rings. The molecule has 2 N–H and O–H groups in total. The molecule has 0 aliphatic carbocycles. The molecule has 0 atom stereocenters. The van der Waals surface area contributed by atoms with E-state index in [-0.39, 0.29) is 0 Å². The number of nitrogens with two attached hydrogens (primary N) is 1. The van der Waals surface area contributed by atoms with Gasteiger partial charge in [0.2, 0.25) is 0 Å². The molecular weight excluding hydrogens is 208 g/mol. The zero-order valence-corrected chi connectivity index (χ0v) is 9.25. The molecule has 0 saturated carbocycles. The van der Waals surface area contributed by atoms with Crippen LogP contribution >= 0.6 is 11.3 Å². The highest BCUT2D eigenvalue weighted by Crippen LogP contribution is 2.27. The first-order chi connectivity index (χ1) is 7.33. The lowest BCUT2D eigenvalue weighted by Gasteiger charge is -2.00. The molecule has 0 spiro atoms. The van der Waals surface area contributed by atoms with Gasteiger partial charge in [0, 0.05) is 12.7 Å². The molecule has 2 rings (SSSR count). The Morgan fingerprint density at radius 1 is 1.33 bits per heavy atom. The number of thiazole rings is 1. The maximum Gasteiger partial charge on any atom is 0.118 e. The Kier molecular flexibility index (Phi) is 2.99. The van der Waals surface area contributed by atoms with E-state index in [9.17, 15) is 0 Å². The van der Waals surface area contributed by atoms with E-state index < -0.39 is 0 Å². The second-order valence-electron chi connectivity index (χ2n) is 3.05. The van der Waals surface area contributed by atoms with Crippen LogP contribution in [0, 0.1) is 0 Å². The highest BCUT2D eigenvalue weighted by Gasteiger charge is 2.03. The Morgan fingerprint density at radius 3 is 2.60 bits per heavy atom. The van der Waals surface area contributed by atoms with Crippen molar-refractivity contribution >= 4 is 11.3 Å². The summed E-state index contributed by atoms with van der Waals surface area (Å²) in [6, 6.07) is 7.92. The zero-order valence-electron chi connectivity index (χ0n) is 8.43. The van der Waals surface area contributed by atoms with Crippen molar-refractivity contribution in [3.63, 3.8) is 0 Å². The third-order valence-corrected chi connectivity index (χ3v) is 3.17. The van der Waals surface area contributed by atoms with Crippen molar-refractivity contribution in [1.29, 1.82) is 0 Å². The van der Waals surface area contributed by atoms with Crippen LogP contribution in [-0.4, -0.2) is 12.1 Å². The predicted molar refractivity (Wildman–Crippen MR) is 62.0 cm³/mol. The van der Waals surface area contributed by atoms with E-state index in [1.54, 1.807) is 18.4 Å². The van der Waals surface area contributed by atoms with Crippen LogP contribution in [0.3, 0.4) is 0 Å². The first kappa shape index (κ1) is 10.1. The van der Waals surface area contributed by atoms with Crippen LogP contribution in [0.25, 0.3) is 10.4 Å². The van der Waals surface area contributed by atoms with E-state index in [1.807, 2.05) is 30.5 Å². The number of hydrogen-bond acceptors (Lipinski definition) is 4. The Labute approximate surface area is 92.5 Å². The van der Waals surface area contributed by atoms with Gasteiger partial charge >= 0.3 is 0 Å². The summed E-state index contributed by atoms with van der Waals surface area (Å²) in [5.41, 5.74) is 6.66. The first-order valence-corrected chi connectivity index (χ1v) is 5.44. The van der Waals surface area contributed by atoms with E-state index in [0.29, 0.717) is 6.54 Å². The summed E-state index contributed by atoms with van der Waals surface area (Å²) in [6.07, 6.45) is 1.86. The number of methoxy groups -OCH3 is 1. The molecule has 0 aliphatic rings. The van der Waals surface area contributed by atoms with Gasteiger partial charge in [-0.1, -0.05) is 0 Å². The van der Waals surface area contributed by atoms with Crippen molar-refractivity contribution in [1.82, 2.24) is 4.98 Å². The summed E-state index contributed by atoms with van der Waals surface area (Å²) in [7, 11) is 1.66. The van der Waals surface area contributed by atoms with Crippen molar-refractivity contribution in [2.75, 3.05) is 7.11 Å². The van der Waals surface area contributed by atoms with Gasteiger partial charge in [0.1, 0.15) is 10.8 Å². The molecule has 4 heteroatoms. The molecule has 15 heavy (non-hydrogen) atoms. The lowest BCUT2D eigenvalue weighted by atomic mass is 10.2. The topological polar surface area (TPSA) is 48.1 Å². The summed E-state index contributed by atoms with van der Waals surface area (Å²) in [5.74, 6) is 0.863. The second-order valence-corrected chi connectivity index (χ2v) is 4.17. The smallest absolute Gasteiger partial charge is 0.118 e. The van der Waals surface area contributed by atoms with Crippen molar-refractivity contribution in [3.05, 3.63) is 35.5 Å². The molecule has 0 radical (unpaired) electrons. The standard InChI is InChI=1S/C11H12N2OS/c1-14-9-4-2-8(3-5-9)10-7-13-11(6-12)15-10/h2-5,7H,6,12H2,1H3. The molecule has 0 saturated heterocycles. The second kappa shape index (κ2) is 4.42. The number of benzene rings is 1. The van der Waals surface area contributed by atoms with Gasteiger partial charge in [-0.15, -0.1) is 11.3 Å². The average molecular weight is 220 g/mol. The highest BCUT2D eigenvalue weighted by atomic mass is 32.1. The molecule has 1 heterocycles. The van der Waals surface area contributed by atoms with Crippen molar-refractivity contribution in [2.24, 2.45) is 5.73 Å².